The minimum atomic E-state index is -0.935. The molecule has 0 saturated carbocycles. The van der Waals surface area contributed by atoms with E-state index in [0.29, 0.717) is 60.1 Å². The van der Waals surface area contributed by atoms with Gasteiger partial charge in [0.05, 0.1) is 50.0 Å². The topological polar surface area (TPSA) is 220 Å². The smallest absolute Gasteiger partial charge is 0.319 e. The minimum Gasteiger partial charge on any atom is -0.461 e. The number of piperazine rings is 1. The van der Waals surface area contributed by atoms with E-state index in [1.54, 1.807) is 35.7 Å². The number of benzene rings is 3. The van der Waals surface area contributed by atoms with Gasteiger partial charge >= 0.3 is 6.01 Å². The lowest BCUT2D eigenvalue weighted by atomic mass is 9.85. The Morgan fingerprint density at radius 1 is 1.09 bits per heavy atom. The van der Waals surface area contributed by atoms with Gasteiger partial charge in [-0.3, -0.25) is 19.3 Å². The zero-order valence-corrected chi connectivity index (χ0v) is 47.0. The van der Waals surface area contributed by atoms with Crippen molar-refractivity contribution < 1.29 is 28.6 Å². The predicted molar refractivity (Wildman–Crippen MR) is 303 cm³/mol. The van der Waals surface area contributed by atoms with Crippen LogP contribution in [0.5, 0.6) is 6.01 Å². The minimum absolute atomic E-state index is 0.0140. The van der Waals surface area contributed by atoms with Gasteiger partial charge in [0, 0.05) is 85.2 Å². The number of fused-ring (bicyclic) bond motifs is 4. The maximum Gasteiger partial charge on any atom is 0.319 e. The number of nitrogens with two attached hydrogens (primary N) is 1. The van der Waals surface area contributed by atoms with Gasteiger partial charge < -0.3 is 45.9 Å². The largest absolute Gasteiger partial charge is 0.461 e. The molecule has 0 aliphatic carbocycles. The highest BCUT2D eigenvalue weighted by Gasteiger charge is 2.45. The molecule has 0 radical (unpaired) electrons. The average molecular weight is 1100 g/mol. The summed E-state index contributed by atoms with van der Waals surface area (Å²) in [6.07, 6.45) is 6.27. The van der Waals surface area contributed by atoms with Crippen LogP contribution in [-0.4, -0.2) is 127 Å². The van der Waals surface area contributed by atoms with Crippen LogP contribution in [0, 0.1) is 29.5 Å². The SMILES string of the molecule is Cc1ncsc1-c1ccc([C@H](C)NC(=O)[C@@H]2C[C@@H](O)CN2C(=O)[C@@H](NC(=O)CCCCN2CCC[C@@]2(C)COc2nc(N3CC4CCC(C3)N4)c3cc(Cl)c(-c4cn(C)c5ccc(N)c(C#N)c45)c(F)c3n2)C(C)(C)C)cc1. The Labute approximate surface area is 463 Å². The summed E-state index contributed by atoms with van der Waals surface area (Å²) < 4.78 is 25.8. The van der Waals surface area contributed by atoms with Crippen LogP contribution < -0.4 is 31.3 Å². The molecule has 7 atom stereocenters. The zero-order chi connectivity index (χ0) is 55.4. The van der Waals surface area contributed by atoms with Crippen molar-refractivity contribution in [2.75, 3.05) is 50.0 Å². The van der Waals surface area contributed by atoms with E-state index >= 15 is 4.39 Å². The summed E-state index contributed by atoms with van der Waals surface area (Å²) in [6.45, 7) is 14.7. The van der Waals surface area contributed by atoms with E-state index in [1.165, 1.54) is 4.90 Å². The highest BCUT2D eigenvalue weighted by Crippen LogP contribution is 2.44. The second-order valence-corrected chi connectivity index (χ2v) is 24.5. The number of carbonyl (C=O) groups excluding carboxylic acids is 3. The van der Waals surface area contributed by atoms with Crippen LogP contribution >= 0.6 is 22.9 Å². The summed E-state index contributed by atoms with van der Waals surface area (Å²) in [6, 6.07) is 13.8. The number of thiazole rings is 1. The van der Waals surface area contributed by atoms with Gasteiger partial charge in [0.25, 0.3) is 0 Å². The Morgan fingerprint density at radius 3 is 2.53 bits per heavy atom. The Morgan fingerprint density at radius 2 is 1.83 bits per heavy atom. The fourth-order valence-corrected chi connectivity index (χ4v) is 13.3. The molecule has 17 nitrogen and oxygen atoms in total. The number of aliphatic hydroxyl groups is 1. The first kappa shape index (κ1) is 54.9. The van der Waals surface area contributed by atoms with Crippen LogP contribution in [0.2, 0.25) is 5.02 Å². The molecule has 20 heteroatoms. The molecule has 3 aromatic carbocycles. The zero-order valence-electron chi connectivity index (χ0n) is 45.5. The van der Waals surface area contributed by atoms with Crippen molar-refractivity contribution in [3.8, 4) is 33.6 Å². The number of β-amino-alcohol motifs (C(OH)–C–C–N with tert-alkyl or cyclic N) is 1. The monoisotopic (exact) mass is 1100 g/mol. The van der Waals surface area contributed by atoms with Gasteiger partial charge in [-0.1, -0.05) is 56.6 Å². The second kappa shape index (κ2) is 22.0. The van der Waals surface area contributed by atoms with Gasteiger partial charge in [-0.15, -0.1) is 11.3 Å². The summed E-state index contributed by atoms with van der Waals surface area (Å²) in [5, 5.41) is 31.9. The van der Waals surface area contributed by atoms with E-state index in [4.69, 9.17) is 32.0 Å². The van der Waals surface area contributed by atoms with Crippen molar-refractivity contribution in [2.45, 2.75) is 135 Å². The molecule has 6 aromatic rings. The number of aromatic nitrogens is 4. The van der Waals surface area contributed by atoms with Crippen LogP contribution in [0.4, 0.5) is 15.9 Å². The molecule has 78 heavy (non-hydrogen) atoms. The van der Waals surface area contributed by atoms with Crippen molar-refractivity contribution in [3.05, 3.63) is 81.8 Å². The molecule has 10 rings (SSSR count). The van der Waals surface area contributed by atoms with Gasteiger partial charge in [0.2, 0.25) is 17.7 Å². The number of hydrogen-bond donors (Lipinski definition) is 5. The van der Waals surface area contributed by atoms with Crippen molar-refractivity contribution in [2.24, 2.45) is 12.5 Å². The Kier molecular flexibility index (Phi) is 15.5. The third-order valence-electron chi connectivity index (χ3n) is 16.5. The number of ether oxygens (including phenoxy) is 1. The van der Waals surface area contributed by atoms with Gasteiger partial charge in [-0.2, -0.15) is 15.2 Å². The molecule has 412 valence electrons. The summed E-state index contributed by atoms with van der Waals surface area (Å²) in [7, 11) is 1.83. The van der Waals surface area contributed by atoms with Gasteiger partial charge in [-0.25, -0.2) is 9.37 Å². The lowest BCUT2D eigenvalue weighted by molar-refractivity contribution is -0.144. The van der Waals surface area contributed by atoms with E-state index in [9.17, 15) is 24.8 Å². The lowest BCUT2D eigenvalue weighted by Crippen LogP contribution is -2.57. The second-order valence-electron chi connectivity index (χ2n) is 23.2. The number of amides is 3. The maximum absolute atomic E-state index is 17.5. The molecule has 2 bridgehead atoms. The van der Waals surface area contributed by atoms with Gasteiger partial charge in [0.15, 0.2) is 5.82 Å². The number of rotatable bonds is 16. The van der Waals surface area contributed by atoms with Crippen LogP contribution in [0.1, 0.15) is 109 Å². The van der Waals surface area contributed by atoms with Gasteiger partial charge in [0.1, 0.15) is 36.1 Å². The van der Waals surface area contributed by atoms with Crippen LogP contribution in [0.3, 0.4) is 0 Å². The van der Waals surface area contributed by atoms with E-state index in [0.717, 1.165) is 53.9 Å². The molecule has 4 aliphatic rings. The summed E-state index contributed by atoms with van der Waals surface area (Å²) in [5.74, 6) is -1.13. The number of unbranched alkanes of at least 4 members (excludes halogenated alkanes) is 1. The van der Waals surface area contributed by atoms with Crippen LogP contribution in [-0.2, 0) is 21.4 Å². The number of likely N-dealkylation sites (tertiary alicyclic amines) is 2. The fourth-order valence-electron chi connectivity index (χ4n) is 12.2. The molecule has 3 amide bonds. The first-order valence-corrected chi connectivity index (χ1v) is 28.4. The first-order chi connectivity index (χ1) is 37.2. The highest BCUT2D eigenvalue weighted by atomic mass is 35.5. The molecule has 4 saturated heterocycles. The van der Waals surface area contributed by atoms with Crippen molar-refractivity contribution in [1.82, 2.24) is 45.3 Å². The molecular formula is C58H70ClFN12O5S. The summed E-state index contributed by atoms with van der Waals surface area (Å²) in [5.41, 5.74) is 11.7. The molecule has 6 N–H and O–H groups in total. The van der Waals surface area contributed by atoms with E-state index < -0.39 is 40.9 Å². The van der Waals surface area contributed by atoms with Crippen molar-refractivity contribution >= 4 is 74.0 Å². The van der Waals surface area contributed by atoms with E-state index in [-0.39, 0.29) is 89.3 Å². The maximum atomic E-state index is 17.5. The number of carbonyl (C=O) groups is 3. The third kappa shape index (κ3) is 10.9. The molecule has 4 fully saturated rings. The molecule has 3 aromatic heterocycles. The number of anilines is 2. The van der Waals surface area contributed by atoms with Crippen molar-refractivity contribution in [1.29, 1.82) is 5.26 Å². The third-order valence-corrected chi connectivity index (χ3v) is 17.8. The molecule has 7 heterocycles. The number of aryl methyl sites for hydroxylation is 2. The van der Waals surface area contributed by atoms with Crippen molar-refractivity contribution in [3.63, 3.8) is 0 Å². The Hall–Kier alpha value is -6.43. The molecule has 0 spiro atoms. The summed E-state index contributed by atoms with van der Waals surface area (Å²) >= 11 is 8.63. The highest BCUT2D eigenvalue weighted by molar-refractivity contribution is 7.13. The van der Waals surface area contributed by atoms with E-state index in [1.807, 2.05) is 76.0 Å². The number of nitrogens with one attached hydrogen (secondary N) is 3. The summed E-state index contributed by atoms with van der Waals surface area (Å²) in [4.78, 5) is 63.1. The Balaban J connectivity index is 0.789. The number of halogens is 2. The molecular weight excluding hydrogens is 1030 g/mol. The first-order valence-electron chi connectivity index (χ1n) is 27.2. The lowest BCUT2D eigenvalue weighted by Gasteiger charge is -2.36. The number of nitriles is 1. The predicted octanol–water partition coefficient (Wildman–Crippen LogP) is 8.18. The number of aliphatic hydroxyl groups excluding tert-OH is 1. The average Bonchev–Trinajstić information content (AvgIpc) is 4.32. The number of hydrogen-bond acceptors (Lipinski definition) is 14. The van der Waals surface area contributed by atoms with E-state index in [2.05, 4.69) is 43.7 Å². The van der Waals surface area contributed by atoms with Gasteiger partial charge in [-0.05, 0) is 107 Å². The number of nitrogen functional groups attached to an aromatic ring is 1. The quantitative estimate of drug-likeness (QED) is 0.0457. The molecule has 4 aliphatic heterocycles. The molecule has 2 unspecified atom stereocenters. The van der Waals surface area contributed by atoms with Crippen LogP contribution in [0.25, 0.3) is 43.4 Å². The fraction of sp³-hybridized carbons (Fsp3) is 0.500. The Bertz CT molecular complexity index is 3310. The van der Waals surface area contributed by atoms with Crippen LogP contribution in [0.15, 0.2) is 54.2 Å². The number of nitrogens with zero attached hydrogens (tertiary/aromatic N) is 8. The standard InChI is InChI=1S/C58H70ClFN12O5S/c1-32(34-12-14-35(15-13-34)51-33(2)63-31-78-51)64-54(75)45-23-38(73)28-72(45)55(76)52(57(3,4)5)66-46(74)11-8-9-21-71-22-10-20-58(71,6)30-77-56-67-50-39(53(68-56)70-26-36-16-17-37(27-70)65-36)24-42(59)48(49(50)60)41-29-69(7)44-19-18-43(62)40(25-61)47(41)44/h12-15,18-19,24,29,31-32,36-38,45,52,65,73H,8-11,16-17,20-23,26-28,30,62H2,1-7H3,(H,64,75)(H,66,74)/t32-,36?,37?,38+,45-,52+,58-/m0/s1. The normalized spacial score (nSPS) is 22.3.